The number of aromatic nitrogens is 5. The van der Waals surface area contributed by atoms with Gasteiger partial charge < -0.3 is 5.11 Å². The molecule has 2 amide bonds. The molecule has 5 heterocycles. The number of benzene rings is 2. The summed E-state index contributed by atoms with van der Waals surface area (Å²) in [5.74, 6) is -2.17. The number of aryl methyl sites for hydroxylation is 2. The molecule has 1 N–H and O–H groups in total. The summed E-state index contributed by atoms with van der Waals surface area (Å²) in [5.41, 5.74) is 0.597. The molecule has 14 heteroatoms. The van der Waals surface area contributed by atoms with Crippen molar-refractivity contribution in [2.45, 2.75) is 38.8 Å². The van der Waals surface area contributed by atoms with Crippen LogP contribution in [0.25, 0.3) is 20.7 Å². The van der Waals surface area contributed by atoms with Crippen molar-refractivity contribution >= 4 is 62.3 Å². The zero-order valence-electron chi connectivity index (χ0n) is 25.7. The van der Waals surface area contributed by atoms with Crippen molar-refractivity contribution in [3.05, 3.63) is 96.3 Å². The number of amides is 2. The quantitative estimate of drug-likeness (QED) is 0.206. The number of hydrogen-bond donors (Lipinski definition) is 1. The fourth-order valence-corrected chi connectivity index (χ4v) is 9.52. The molecule has 2 aliphatic heterocycles. The third-order valence-corrected chi connectivity index (χ3v) is 12.1. The fourth-order valence-electron chi connectivity index (χ4n) is 7.91. The number of fused-ring (bicyclic) bond motifs is 5. The Kier molecular flexibility index (Phi) is 6.41. The lowest BCUT2D eigenvalue weighted by atomic mass is 9.56. The number of halogens is 2. The van der Waals surface area contributed by atoms with Crippen molar-refractivity contribution in [3.8, 4) is 16.3 Å². The van der Waals surface area contributed by atoms with Crippen molar-refractivity contribution < 1.29 is 14.7 Å². The van der Waals surface area contributed by atoms with E-state index in [-0.39, 0.29) is 23.7 Å². The van der Waals surface area contributed by atoms with Gasteiger partial charge in [-0.3, -0.25) is 14.3 Å². The Morgan fingerprint density at radius 3 is 2.53 bits per heavy atom. The summed E-state index contributed by atoms with van der Waals surface area (Å²) in [7, 11) is 3.12. The molecule has 3 aliphatic rings. The van der Waals surface area contributed by atoms with E-state index >= 15 is 0 Å². The number of phenolic OH excluding ortho intramolecular Hbond substituents is 1. The molecule has 0 unspecified atom stereocenters. The Morgan fingerprint density at radius 1 is 1.02 bits per heavy atom. The number of hydrogen-bond acceptors (Lipinski definition) is 7. The molecule has 0 spiro atoms. The van der Waals surface area contributed by atoms with Crippen LogP contribution in [-0.4, -0.2) is 40.6 Å². The number of allylic oxidation sites excluding steroid dienone is 2. The molecule has 5 aromatic rings. The van der Waals surface area contributed by atoms with E-state index in [1.807, 2.05) is 31.2 Å². The molecule has 1 saturated carbocycles. The van der Waals surface area contributed by atoms with Crippen LogP contribution in [0.5, 0.6) is 5.75 Å². The minimum absolute atomic E-state index is 0.0461. The number of phenols is 1. The van der Waals surface area contributed by atoms with Gasteiger partial charge in [0.2, 0.25) is 11.8 Å². The summed E-state index contributed by atoms with van der Waals surface area (Å²) >= 11 is 14.6. The first-order valence-electron chi connectivity index (χ1n) is 15.0. The van der Waals surface area contributed by atoms with E-state index in [2.05, 4.69) is 0 Å². The number of thiophene rings is 1. The third-order valence-electron chi connectivity index (χ3n) is 10.2. The van der Waals surface area contributed by atoms with Gasteiger partial charge in [0.05, 0.1) is 28.8 Å². The first kappa shape index (κ1) is 30.0. The summed E-state index contributed by atoms with van der Waals surface area (Å²) < 4.78 is 6.39. The molecule has 1 aliphatic carbocycles. The van der Waals surface area contributed by atoms with Gasteiger partial charge in [-0.25, -0.2) is 28.4 Å². The van der Waals surface area contributed by atoms with Gasteiger partial charge in [0, 0.05) is 40.8 Å². The maximum atomic E-state index is 14.8. The van der Waals surface area contributed by atoms with E-state index in [4.69, 9.17) is 28.3 Å². The number of imide groups is 1. The number of anilines is 1. The second-order valence-corrected chi connectivity index (χ2v) is 14.6. The van der Waals surface area contributed by atoms with E-state index in [0.717, 1.165) is 30.7 Å². The standard InChI is InChI=1S/C33H28Cl2N6O5S/c1-15-20-11-16(34)5-8-25(20)47-28(15)23-14-26(38(4)36-23)40-29(43)21-13-24-19(9-10-39-31(45)37(3)32(46)41(24)39)27(33(21,2)30(40)44)18-7-6-17(42)12-22(18)35/h5-9,11-12,14,21,24,27,42H,10,13H2,1-4H3/t21-,24+,27-,33+/m0/s1. The SMILES string of the molecule is Cc1c(-c2cc(N3C(=O)[C@@H]4C[C@@H]5C(=CCn6c(=O)n(C)c(=O)n65)[C@H](c5ccc(O)cc5Cl)[C@]4(C)C3=O)n(C)n2)sc2ccc(Cl)cc12. The van der Waals surface area contributed by atoms with Gasteiger partial charge in [-0.15, -0.1) is 11.3 Å². The van der Waals surface area contributed by atoms with Gasteiger partial charge in [0.25, 0.3) is 0 Å². The van der Waals surface area contributed by atoms with E-state index < -0.39 is 46.5 Å². The van der Waals surface area contributed by atoms with Crippen molar-refractivity contribution in [2.75, 3.05) is 4.90 Å². The maximum absolute atomic E-state index is 14.8. The second kappa shape index (κ2) is 10.1. The lowest BCUT2D eigenvalue weighted by Gasteiger charge is -2.47. The molecule has 240 valence electrons. The Morgan fingerprint density at radius 2 is 1.79 bits per heavy atom. The van der Waals surface area contributed by atoms with Crippen LogP contribution in [0.4, 0.5) is 5.82 Å². The zero-order valence-corrected chi connectivity index (χ0v) is 28.0. The predicted molar refractivity (Wildman–Crippen MR) is 179 cm³/mol. The average Bonchev–Trinajstić information content (AvgIpc) is 3.69. The lowest BCUT2D eigenvalue weighted by molar-refractivity contribution is -0.129. The second-order valence-electron chi connectivity index (χ2n) is 12.7. The number of aromatic hydroxyl groups is 1. The van der Waals surface area contributed by atoms with Crippen molar-refractivity contribution in [2.24, 2.45) is 25.4 Å². The largest absolute Gasteiger partial charge is 0.508 e. The number of carbonyl (C=O) groups excluding carboxylic acids is 2. The highest BCUT2D eigenvalue weighted by atomic mass is 35.5. The van der Waals surface area contributed by atoms with Crippen LogP contribution in [0.15, 0.2) is 63.7 Å². The normalized spacial score (nSPS) is 23.7. The van der Waals surface area contributed by atoms with Crippen LogP contribution < -0.4 is 16.3 Å². The Bertz CT molecular complexity index is 2380. The fraction of sp³-hybridized carbons (Fsp3) is 0.303. The summed E-state index contributed by atoms with van der Waals surface area (Å²) in [6, 6.07) is 11.3. The number of nitrogens with zero attached hydrogens (tertiary/aromatic N) is 6. The highest BCUT2D eigenvalue weighted by Gasteiger charge is 2.66. The molecule has 0 radical (unpaired) electrons. The van der Waals surface area contributed by atoms with Crippen LogP contribution in [-0.2, 0) is 30.2 Å². The smallest absolute Gasteiger partial charge is 0.347 e. The molecular weight excluding hydrogens is 663 g/mol. The number of carbonyl (C=O) groups is 2. The van der Waals surface area contributed by atoms with E-state index in [1.54, 1.807) is 37.4 Å². The molecule has 4 atom stereocenters. The van der Waals surface area contributed by atoms with Crippen LogP contribution in [0, 0.1) is 18.3 Å². The van der Waals surface area contributed by atoms with Gasteiger partial charge in [-0.1, -0.05) is 35.3 Å². The molecular formula is C33H28Cl2N6O5S. The first-order valence-corrected chi connectivity index (χ1v) is 16.6. The minimum Gasteiger partial charge on any atom is -0.508 e. The Labute approximate surface area is 281 Å². The van der Waals surface area contributed by atoms with Gasteiger partial charge in [0.1, 0.15) is 17.3 Å². The van der Waals surface area contributed by atoms with Gasteiger partial charge in [0.15, 0.2) is 0 Å². The van der Waals surface area contributed by atoms with Crippen LogP contribution in [0.3, 0.4) is 0 Å². The highest BCUT2D eigenvalue weighted by molar-refractivity contribution is 7.22. The summed E-state index contributed by atoms with van der Waals surface area (Å²) in [5, 5.41) is 16.8. The topological polar surface area (TPSA) is 124 Å². The molecule has 2 fully saturated rings. The Balaban J connectivity index is 1.29. The maximum Gasteiger partial charge on any atom is 0.347 e. The summed E-state index contributed by atoms with van der Waals surface area (Å²) in [6.07, 6.45) is 1.99. The molecule has 3 aromatic heterocycles. The molecule has 11 nitrogen and oxygen atoms in total. The first-order chi connectivity index (χ1) is 22.3. The highest BCUT2D eigenvalue weighted by Crippen LogP contribution is 2.62. The lowest BCUT2D eigenvalue weighted by Crippen LogP contribution is -2.49. The van der Waals surface area contributed by atoms with Crippen molar-refractivity contribution in [1.82, 2.24) is 23.7 Å². The summed E-state index contributed by atoms with van der Waals surface area (Å²) in [4.78, 5) is 57.8. The Hall–Kier alpha value is -4.39. The van der Waals surface area contributed by atoms with Crippen LogP contribution in [0.1, 0.15) is 36.4 Å². The van der Waals surface area contributed by atoms with E-state index in [9.17, 15) is 24.3 Å². The van der Waals surface area contributed by atoms with Gasteiger partial charge >= 0.3 is 11.4 Å². The number of rotatable bonds is 3. The van der Waals surface area contributed by atoms with Crippen LogP contribution in [0.2, 0.25) is 10.0 Å². The molecule has 2 aromatic carbocycles. The minimum atomic E-state index is -1.31. The van der Waals surface area contributed by atoms with Gasteiger partial charge in [-0.2, -0.15) is 5.10 Å². The van der Waals surface area contributed by atoms with Gasteiger partial charge in [-0.05, 0) is 72.7 Å². The van der Waals surface area contributed by atoms with E-state index in [1.165, 1.54) is 38.1 Å². The molecule has 0 bridgehead atoms. The molecule has 8 rings (SSSR count). The van der Waals surface area contributed by atoms with Crippen molar-refractivity contribution in [3.63, 3.8) is 0 Å². The van der Waals surface area contributed by atoms with Crippen LogP contribution >= 0.6 is 34.5 Å². The van der Waals surface area contributed by atoms with E-state index in [0.29, 0.717) is 22.1 Å². The predicted octanol–water partition coefficient (Wildman–Crippen LogP) is 5.15. The zero-order chi connectivity index (χ0) is 33.3. The summed E-state index contributed by atoms with van der Waals surface area (Å²) in [6.45, 7) is 3.88. The molecule has 47 heavy (non-hydrogen) atoms. The molecule has 1 saturated heterocycles. The van der Waals surface area contributed by atoms with Crippen molar-refractivity contribution in [1.29, 1.82) is 0 Å². The average molecular weight is 692 g/mol. The monoisotopic (exact) mass is 690 g/mol. The third kappa shape index (κ3) is 3.95.